The Kier molecular flexibility index (Phi) is 4.66. The molecule has 2 unspecified atom stereocenters. The zero-order chi connectivity index (χ0) is 13.8. The molecule has 1 amide bonds. The molecule has 2 atom stereocenters. The summed E-state index contributed by atoms with van der Waals surface area (Å²) in [7, 11) is 0. The van der Waals surface area contributed by atoms with Gasteiger partial charge in [0, 0.05) is 11.6 Å². The van der Waals surface area contributed by atoms with Crippen molar-refractivity contribution in [2.75, 3.05) is 13.2 Å². The van der Waals surface area contributed by atoms with Crippen molar-refractivity contribution < 1.29 is 14.6 Å². The van der Waals surface area contributed by atoms with E-state index in [-0.39, 0.29) is 18.6 Å². The smallest absolute Gasteiger partial charge is 0.263 e. The Hall–Kier alpha value is -1.26. The molecule has 1 saturated heterocycles. The normalized spacial score (nSPS) is 20.4. The van der Waals surface area contributed by atoms with Gasteiger partial charge in [0.1, 0.15) is 5.75 Å². The number of nitrogens with zero attached hydrogens (tertiary/aromatic N) is 1. The van der Waals surface area contributed by atoms with Crippen LogP contribution in [-0.4, -0.2) is 41.2 Å². The van der Waals surface area contributed by atoms with Crippen LogP contribution in [0.5, 0.6) is 5.75 Å². The van der Waals surface area contributed by atoms with E-state index in [2.05, 4.69) is 0 Å². The molecule has 0 spiro atoms. The molecular weight excluding hydrogens is 266 g/mol. The topological polar surface area (TPSA) is 49.8 Å². The minimum atomic E-state index is -0.578. The fourth-order valence-corrected chi connectivity index (χ4v) is 2.52. The first kappa shape index (κ1) is 14.2. The fourth-order valence-electron chi connectivity index (χ4n) is 2.34. The summed E-state index contributed by atoms with van der Waals surface area (Å²) < 4.78 is 5.60. The summed E-state index contributed by atoms with van der Waals surface area (Å²) in [6.07, 6.45) is 1.21. The second kappa shape index (κ2) is 6.26. The van der Waals surface area contributed by atoms with Gasteiger partial charge in [-0.15, -0.1) is 0 Å². The fraction of sp³-hybridized carbons (Fsp3) is 0.500. The van der Waals surface area contributed by atoms with E-state index in [1.807, 2.05) is 0 Å². The van der Waals surface area contributed by atoms with E-state index >= 15 is 0 Å². The van der Waals surface area contributed by atoms with Crippen molar-refractivity contribution in [3.63, 3.8) is 0 Å². The van der Waals surface area contributed by atoms with Crippen molar-refractivity contribution in [2.24, 2.45) is 0 Å². The van der Waals surface area contributed by atoms with Gasteiger partial charge in [0.2, 0.25) is 0 Å². The minimum Gasteiger partial charge on any atom is -0.481 e. The summed E-state index contributed by atoms with van der Waals surface area (Å²) in [4.78, 5) is 14.0. The number of rotatable bonds is 4. The molecule has 1 aliphatic rings. The molecule has 2 rings (SSSR count). The molecular formula is C14H18ClNO3. The molecule has 5 heteroatoms. The Morgan fingerprint density at radius 1 is 1.63 bits per heavy atom. The number of carbonyl (C=O) groups is 1. The summed E-state index contributed by atoms with van der Waals surface area (Å²) in [6, 6.07) is 6.91. The van der Waals surface area contributed by atoms with Crippen LogP contribution in [0.3, 0.4) is 0 Å². The molecule has 1 aromatic rings. The van der Waals surface area contributed by atoms with Crippen LogP contribution in [-0.2, 0) is 4.79 Å². The minimum absolute atomic E-state index is 0.00955. The number of benzene rings is 1. The molecule has 1 N–H and O–H groups in total. The van der Waals surface area contributed by atoms with E-state index < -0.39 is 6.10 Å². The molecule has 19 heavy (non-hydrogen) atoms. The van der Waals surface area contributed by atoms with Gasteiger partial charge in [0.25, 0.3) is 5.91 Å². The van der Waals surface area contributed by atoms with Gasteiger partial charge in [-0.25, -0.2) is 0 Å². The highest BCUT2D eigenvalue weighted by atomic mass is 35.5. The zero-order valence-corrected chi connectivity index (χ0v) is 11.6. The maximum Gasteiger partial charge on any atom is 0.263 e. The van der Waals surface area contributed by atoms with E-state index in [9.17, 15) is 9.90 Å². The van der Waals surface area contributed by atoms with Crippen LogP contribution >= 0.6 is 11.6 Å². The molecule has 4 nitrogen and oxygen atoms in total. The van der Waals surface area contributed by atoms with Crippen molar-refractivity contribution in [1.29, 1.82) is 0 Å². The van der Waals surface area contributed by atoms with Gasteiger partial charge in [-0.3, -0.25) is 4.79 Å². The summed E-state index contributed by atoms with van der Waals surface area (Å²) in [5.74, 6) is 0.490. The standard InChI is InChI=1S/C14H18ClNO3/c1-10(19-13-6-2-4-11(15)8-13)14(18)16-7-3-5-12(16)9-17/h2,4,6,8,10,12,17H,3,5,7,9H2,1H3. The van der Waals surface area contributed by atoms with Crippen molar-refractivity contribution >= 4 is 17.5 Å². The molecule has 0 aromatic heterocycles. The van der Waals surface area contributed by atoms with Gasteiger partial charge < -0.3 is 14.7 Å². The summed E-state index contributed by atoms with van der Waals surface area (Å²) in [6.45, 7) is 2.42. The zero-order valence-electron chi connectivity index (χ0n) is 10.9. The van der Waals surface area contributed by atoms with Crippen molar-refractivity contribution in [1.82, 2.24) is 4.90 Å². The van der Waals surface area contributed by atoms with Gasteiger partial charge in [0.05, 0.1) is 12.6 Å². The van der Waals surface area contributed by atoms with Gasteiger partial charge in [-0.2, -0.15) is 0 Å². The summed E-state index contributed by atoms with van der Waals surface area (Å²) in [5, 5.41) is 9.82. The van der Waals surface area contributed by atoms with Crippen molar-refractivity contribution in [2.45, 2.75) is 31.9 Å². The molecule has 1 fully saturated rings. The number of halogens is 1. The molecule has 1 aromatic carbocycles. The number of carbonyl (C=O) groups excluding carboxylic acids is 1. The number of ether oxygens (including phenoxy) is 1. The van der Waals surface area contributed by atoms with Crippen LogP contribution in [0.15, 0.2) is 24.3 Å². The molecule has 0 radical (unpaired) electrons. The van der Waals surface area contributed by atoms with E-state index in [0.29, 0.717) is 17.3 Å². The predicted molar refractivity (Wildman–Crippen MR) is 73.4 cm³/mol. The lowest BCUT2D eigenvalue weighted by molar-refractivity contribution is -0.139. The first-order chi connectivity index (χ1) is 9.11. The Morgan fingerprint density at radius 3 is 3.11 bits per heavy atom. The van der Waals surface area contributed by atoms with Crippen molar-refractivity contribution in [3.8, 4) is 5.75 Å². The van der Waals surface area contributed by atoms with Gasteiger partial charge in [0.15, 0.2) is 6.10 Å². The third-order valence-corrected chi connectivity index (χ3v) is 3.56. The maximum atomic E-state index is 12.3. The van der Waals surface area contributed by atoms with E-state index in [4.69, 9.17) is 16.3 Å². The maximum absolute atomic E-state index is 12.3. The van der Waals surface area contributed by atoms with Crippen LogP contribution in [0.1, 0.15) is 19.8 Å². The van der Waals surface area contributed by atoms with E-state index in [1.165, 1.54) is 0 Å². The Labute approximate surface area is 117 Å². The third kappa shape index (κ3) is 3.39. The van der Waals surface area contributed by atoms with Crippen LogP contribution in [0, 0.1) is 0 Å². The number of hydrogen-bond donors (Lipinski definition) is 1. The molecule has 0 aliphatic carbocycles. The Balaban J connectivity index is 1.99. The first-order valence-electron chi connectivity index (χ1n) is 6.45. The number of aliphatic hydroxyl groups is 1. The Morgan fingerprint density at radius 2 is 2.42 bits per heavy atom. The van der Waals surface area contributed by atoms with Gasteiger partial charge >= 0.3 is 0 Å². The lowest BCUT2D eigenvalue weighted by atomic mass is 10.2. The highest BCUT2D eigenvalue weighted by molar-refractivity contribution is 6.30. The number of likely N-dealkylation sites (tertiary alicyclic amines) is 1. The highest BCUT2D eigenvalue weighted by Gasteiger charge is 2.31. The van der Waals surface area contributed by atoms with Crippen LogP contribution < -0.4 is 4.74 Å². The van der Waals surface area contributed by atoms with Crippen LogP contribution in [0.2, 0.25) is 5.02 Å². The molecule has 0 saturated carbocycles. The molecule has 0 bridgehead atoms. The average molecular weight is 284 g/mol. The summed E-state index contributed by atoms with van der Waals surface area (Å²) in [5.41, 5.74) is 0. The van der Waals surface area contributed by atoms with Gasteiger partial charge in [-0.1, -0.05) is 17.7 Å². The van der Waals surface area contributed by atoms with E-state index in [0.717, 1.165) is 12.8 Å². The van der Waals surface area contributed by atoms with Crippen molar-refractivity contribution in [3.05, 3.63) is 29.3 Å². The second-order valence-electron chi connectivity index (χ2n) is 4.73. The number of aliphatic hydroxyl groups excluding tert-OH is 1. The average Bonchev–Trinajstić information content (AvgIpc) is 2.86. The van der Waals surface area contributed by atoms with Crippen LogP contribution in [0.25, 0.3) is 0 Å². The van der Waals surface area contributed by atoms with Crippen LogP contribution in [0.4, 0.5) is 0 Å². The second-order valence-corrected chi connectivity index (χ2v) is 5.16. The highest BCUT2D eigenvalue weighted by Crippen LogP contribution is 2.21. The lowest BCUT2D eigenvalue weighted by Gasteiger charge is -2.26. The first-order valence-corrected chi connectivity index (χ1v) is 6.83. The molecule has 1 heterocycles. The Bertz CT molecular complexity index is 452. The number of amides is 1. The molecule has 1 aliphatic heterocycles. The van der Waals surface area contributed by atoms with E-state index in [1.54, 1.807) is 36.1 Å². The van der Waals surface area contributed by atoms with Gasteiger partial charge in [-0.05, 0) is 38.0 Å². The predicted octanol–water partition coefficient (Wildman–Crippen LogP) is 2.09. The quantitative estimate of drug-likeness (QED) is 0.920. The monoisotopic (exact) mass is 283 g/mol. The largest absolute Gasteiger partial charge is 0.481 e. The third-order valence-electron chi connectivity index (χ3n) is 3.33. The summed E-state index contributed by atoms with van der Waals surface area (Å²) >= 11 is 5.87. The molecule has 104 valence electrons. The lowest BCUT2D eigenvalue weighted by Crippen LogP contribution is -2.44. The SMILES string of the molecule is CC(Oc1cccc(Cl)c1)C(=O)N1CCCC1CO. The number of hydrogen-bond acceptors (Lipinski definition) is 3.